The summed E-state index contributed by atoms with van der Waals surface area (Å²) in [6.45, 7) is 2.02. The molecular weight excluding hydrogens is 332 g/mol. The normalized spacial score (nSPS) is 16.2. The lowest BCUT2D eigenvalue weighted by Crippen LogP contribution is -2.09. The predicted molar refractivity (Wildman–Crippen MR) is 91.2 cm³/mol. The molecule has 0 spiro atoms. The summed E-state index contributed by atoms with van der Waals surface area (Å²) in [4.78, 5) is 13.2. The van der Waals surface area contributed by atoms with Crippen LogP contribution < -0.4 is 0 Å². The smallest absolute Gasteiger partial charge is 0.333 e. The van der Waals surface area contributed by atoms with Gasteiger partial charge in [-0.2, -0.15) is 0 Å². The minimum Gasteiger partial charge on any atom is -0.466 e. The quantitative estimate of drug-likeness (QED) is 0.780. The average Bonchev–Trinajstić information content (AvgIpc) is 2.91. The second-order valence-electron chi connectivity index (χ2n) is 5.47. The van der Waals surface area contributed by atoms with Crippen molar-refractivity contribution in [3.8, 4) is 10.4 Å². The summed E-state index contributed by atoms with van der Waals surface area (Å²) in [5.41, 5.74) is 3.04. The van der Waals surface area contributed by atoms with Crippen LogP contribution in [0.2, 0.25) is 0 Å². The zero-order valence-electron chi connectivity index (χ0n) is 12.8. The third kappa shape index (κ3) is 3.09. The highest BCUT2D eigenvalue weighted by Gasteiger charge is 2.25. The highest BCUT2D eigenvalue weighted by atomic mass is 32.2. The van der Waals surface area contributed by atoms with Gasteiger partial charge in [-0.25, -0.2) is 13.2 Å². The monoisotopic (exact) mass is 348 g/mol. The summed E-state index contributed by atoms with van der Waals surface area (Å²) in [6, 6.07) is 7.33. The van der Waals surface area contributed by atoms with Crippen LogP contribution in [-0.2, 0) is 19.4 Å². The summed E-state index contributed by atoms with van der Waals surface area (Å²) in [5, 5.41) is 2.05. The maximum Gasteiger partial charge on any atom is 0.333 e. The van der Waals surface area contributed by atoms with Crippen LogP contribution in [-0.4, -0.2) is 27.2 Å². The van der Waals surface area contributed by atoms with Gasteiger partial charge in [0, 0.05) is 10.5 Å². The van der Waals surface area contributed by atoms with E-state index in [0.29, 0.717) is 11.1 Å². The molecule has 0 unspecified atom stereocenters. The number of hydrogen-bond acceptors (Lipinski definition) is 5. The zero-order valence-corrected chi connectivity index (χ0v) is 14.5. The van der Waals surface area contributed by atoms with E-state index in [-0.39, 0.29) is 17.1 Å². The molecule has 2 heterocycles. The molecule has 3 rings (SSSR count). The molecule has 1 aliphatic rings. The van der Waals surface area contributed by atoms with Crippen molar-refractivity contribution < 1.29 is 17.9 Å². The molecule has 4 nitrogen and oxygen atoms in total. The van der Waals surface area contributed by atoms with Crippen molar-refractivity contribution in [2.75, 3.05) is 12.9 Å². The number of thiophene rings is 1. The second kappa shape index (κ2) is 5.94. The largest absolute Gasteiger partial charge is 0.466 e. The van der Waals surface area contributed by atoms with Gasteiger partial charge in [0.25, 0.3) is 0 Å². The van der Waals surface area contributed by atoms with E-state index >= 15 is 0 Å². The lowest BCUT2D eigenvalue weighted by atomic mass is 10.1. The molecule has 0 saturated heterocycles. The Kier molecular flexibility index (Phi) is 4.12. The molecular formula is C17H16O4S2. The fourth-order valence-corrected chi connectivity index (χ4v) is 4.95. The SMILES string of the molecule is COC(=O)C1=Cc2cc(-c3cc(C)cs3)ccc2S(=O)(=O)CC1. The Morgan fingerprint density at radius 2 is 2.04 bits per heavy atom. The van der Waals surface area contributed by atoms with Crippen LogP contribution in [0.15, 0.2) is 40.1 Å². The molecule has 0 aliphatic carbocycles. The second-order valence-corrected chi connectivity index (χ2v) is 8.46. The average molecular weight is 348 g/mol. The van der Waals surface area contributed by atoms with Crippen LogP contribution in [0, 0.1) is 6.92 Å². The molecule has 1 aromatic carbocycles. The van der Waals surface area contributed by atoms with E-state index in [9.17, 15) is 13.2 Å². The number of methoxy groups -OCH3 is 1. The number of fused-ring (bicyclic) bond motifs is 1. The Labute approximate surface area is 139 Å². The molecule has 6 heteroatoms. The lowest BCUT2D eigenvalue weighted by molar-refractivity contribution is -0.136. The first kappa shape index (κ1) is 16.0. The molecule has 1 aliphatic heterocycles. The summed E-state index contributed by atoms with van der Waals surface area (Å²) in [6.07, 6.45) is 1.80. The molecule has 0 atom stereocenters. The summed E-state index contributed by atoms with van der Waals surface area (Å²) in [5.74, 6) is -0.566. The van der Waals surface area contributed by atoms with Crippen LogP contribution in [0.3, 0.4) is 0 Å². The van der Waals surface area contributed by atoms with Crippen LogP contribution in [0.4, 0.5) is 0 Å². The first-order valence-electron chi connectivity index (χ1n) is 7.12. The van der Waals surface area contributed by atoms with Crippen molar-refractivity contribution in [2.45, 2.75) is 18.2 Å². The number of rotatable bonds is 2. The summed E-state index contributed by atoms with van der Waals surface area (Å²) < 4.78 is 29.6. The zero-order chi connectivity index (χ0) is 16.6. The standard InChI is InChI=1S/C17H16O4S2/c1-11-7-15(22-10-11)12-3-4-16-14(8-12)9-13(17(18)21-2)5-6-23(16,19)20/h3-4,7-10H,5-6H2,1-2H3. The Morgan fingerprint density at radius 1 is 1.26 bits per heavy atom. The van der Waals surface area contributed by atoms with Gasteiger partial charge >= 0.3 is 5.97 Å². The fraction of sp³-hybridized carbons (Fsp3) is 0.235. The number of sulfone groups is 1. The molecule has 2 aromatic rings. The van der Waals surface area contributed by atoms with Crippen molar-refractivity contribution in [1.82, 2.24) is 0 Å². The predicted octanol–water partition coefficient (Wildman–Crippen LogP) is 3.46. The number of carbonyl (C=O) groups is 1. The molecule has 0 radical (unpaired) electrons. The van der Waals surface area contributed by atoms with Gasteiger partial charge in [-0.3, -0.25) is 0 Å². The first-order valence-corrected chi connectivity index (χ1v) is 9.65. The lowest BCUT2D eigenvalue weighted by Gasteiger charge is -2.07. The van der Waals surface area contributed by atoms with Crippen LogP contribution in [0.5, 0.6) is 0 Å². The van der Waals surface area contributed by atoms with E-state index < -0.39 is 15.8 Å². The molecule has 0 amide bonds. The van der Waals surface area contributed by atoms with E-state index in [1.54, 1.807) is 23.5 Å². The summed E-state index contributed by atoms with van der Waals surface area (Å²) >= 11 is 1.61. The van der Waals surface area contributed by atoms with Crippen molar-refractivity contribution in [2.24, 2.45) is 0 Å². The van der Waals surface area contributed by atoms with Gasteiger partial charge in [-0.05, 0) is 59.7 Å². The Hall–Kier alpha value is -1.92. The number of ether oxygens (including phenoxy) is 1. The minimum atomic E-state index is -3.40. The highest BCUT2D eigenvalue weighted by molar-refractivity contribution is 7.91. The van der Waals surface area contributed by atoms with E-state index in [1.165, 1.54) is 12.7 Å². The molecule has 120 valence electrons. The maximum atomic E-state index is 12.4. The van der Waals surface area contributed by atoms with Crippen LogP contribution >= 0.6 is 11.3 Å². The topological polar surface area (TPSA) is 60.4 Å². The van der Waals surface area contributed by atoms with Crippen molar-refractivity contribution in [3.05, 3.63) is 46.3 Å². The van der Waals surface area contributed by atoms with Crippen molar-refractivity contribution in [1.29, 1.82) is 0 Å². The Bertz CT molecular complexity index is 904. The molecule has 0 saturated carbocycles. The van der Waals surface area contributed by atoms with Gasteiger partial charge in [-0.15, -0.1) is 11.3 Å². The molecule has 23 heavy (non-hydrogen) atoms. The van der Waals surface area contributed by atoms with Gasteiger partial charge < -0.3 is 4.74 Å². The molecule has 0 bridgehead atoms. The number of esters is 1. The van der Waals surface area contributed by atoms with Gasteiger partial charge in [0.1, 0.15) is 0 Å². The van der Waals surface area contributed by atoms with Crippen LogP contribution in [0.25, 0.3) is 16.5 Å². The third-order valence-electron chi connectivity index (χ3n) is 3.78. The molecule has 0 N–H and O–H groups in total. The molecule has 0 fully saturated rings. The van der Waals surface area contributed by atoms with Gasteiger partial charge in [-0.1, -0.05) is 6.07 Å². The van der Waals surface area contributed by atoms with Crippen molar-refractivity contribution >= 4 is 33.2 Å². The molecule has 1 aromatic heterocycles. The third-order valence-corrected chi connectivity index (χ3v) is 6.66. The number of carbonyl (C=O) groups excluding carboxylic acids is 1. The summed E-state index contributed by atoms with van der Waals surface area (Å²) in [7, 11) is -2.10. The van der Waals surface area contributed by atoms with Gasteiger partial charge in [0.2, 0.25) is 0 Å². The minimum absolute atomic E-state index is 0.0849. The number of aryl methyl sites for hydroxylation is 1. The first-order chi connectivity index (χ1) is 10.9. The number of hydrogen-bond donors (Lipinski definition) is 0. The Morgan fingerprint density at radius 3 is 2.70 bits per heavy atom. The van der Waals surface area contributed by atoms with E-state index in [2.05, 4.69) is 6.07 Å². The van der Waals surface area contributed by atoms with E-state index in [0.717, 1.165) is 10.4 Å². The van der Waals surface area contributed by atoms with Crippen LogP contribution in [0.1, 0.15) is 17.5 Å². The number of benzene rings is 1. The Balaban J connectivity index is 2.16. The highest BCUT2D eigenvalue weighted by Crippen LogP contribution is 2.33. The van der Waals surface area contributed by atoms with E-state index in [4.69, 9.17) is 4.74 Å². The van der Waals surface area contributed by atoms with Crippen molar-refractivity contribution in [3.63, 3.8) is 0 Å². The fourth-order valence-electron chi connectivity index (χ4n) is 2.59. The van der Waals surface area contributed by atoms with Gasteiger partial charge in [0.05, 0.1) is 17.8 Å². The van der Waals surface area contributed by atoms with Gasteiger partial charge in [0.15, 0.2) is 9.84 Å². The maximum absolute atomic E-state index is 12.4. The van der Waals surface area contributed by atoms with E-state index in [1.807, 2.05) is 24.4 Å².